The maximum Gasteiger partial charge on any atom is 0.335 e. The third kappa shape index (κ3) is 4.94. The van der Waals surface area contributed by atoms with Gasteiger partial charge in [0.25, 0.3) is 0 Å². The van der Waals surface area contributed by atoms with Crippen LogP contribution in [0.15, 0.2) is 59.5 Å². The highest BCUT2D eigenvalue weighted by molar-refractivity contribution is 7.80. The van der Waals surface area contributed by atoms with Gasteiger partial charge in [-0.2, -0.15) is 5.10 Å². The van der Waals surface area contributed by atoms with Crippen LogP contribution >= 0.6 is 12.2 Å². The van der Waals surface area contributed by atoms with Crippen LogP contribution in [0.1, 0.15) is 28.4 Å². The molecule has 1 aliphatic heterocycles. The molecule has 0 saturated carbocycles. The van der Waals surface area contributed by atoms with Gasteiger partial charge in [0.05, 0.1) is 23.0 Å². The quantitative estimate of drug-likeness (QED) is 0.282. The van der Waals surface area contributed by atoms with Crippen molar-refractivity contribution in [2.45, 2.75) is 26.3 Å². The lowest BCUT2D eigenvalue weighted by atomic mass is 10.1. The predicted molar refractivity (Wildman–Crippen MR) is 122 cm³/mol. The smallest absolute Gasteiger partial charge is 0.335 e. The third-order valence-electron chi connectivity index (χ3n) is 4.65. The first kappa shape index (κ1) is 21.3. The summed E-state index contributed by atoms with van der Waals surface area (Å²) in [7, 11) is 0. The monoisotopic (exact) mass is 425 g/mol. The van der Waals surface area contributed by atoms with Crippen molar-refractivity contribution in [2.24, 2.45) is 5.10 Å². The van der Waals surface area contributed by atoms with E-state index in [0.717, 1.165) is 11.3 Å². The number of rotatable bonds is 5. The summed E-state index contributed by atoms with van der Waals surface area (Å²) < 4.78 is 0. The molecule has 1 unspecified atom stereocenters. The standard InChI is InChI=1S/C21H23N5O3S/c1-13-4-9-17(10-14(13)2)26-18(27)11-21(3,25-26)12-22-24-20(30)23-16-7-5-15(6-8-16)19(28)29/h4-12,25,27H,1-3H3,(H,28,29)(H2,23,24,30)/b22-12-. The molecule has 156 valence electrons. The summed E-state index contributed by atoms with van der Waals surface area (Å²) in [5.41, 5.74) is 9.13. The first-order valence-corrected chi connectivity index (χ1v) is 9.59. The summed E-state index contributed by atoms with van der Waals surface area (Å²) in [6.07, 6.45) is 3.24. The Hall–Kier alpha value is -3.43. The number of hydrogen-bond acceptors (Lipinski definition) is 6. The molecule has 30 heavy (non-hydrogen) atoms. The number of thiocarbonyl (C=S) groups is 1. The number of benzene rings is 2. The number of carboxylic acid groups (broad SMARTS) is 1. The van der Waals surface area contributed by atoms with E-state index >= 15 is 0 Å². The van der Waals surface area contributed by atoms with Crippen LogP contribution in [-0.2, 0) is 0 Å². The number of hydrazone groups is 1. The minimum Gasteiger partial charge on any atom is -0.494 e. The summed E-state index contributed by atoms with van der Waals surface area (Å²) in [5, 5.41) is 28.2. The van der Waals surface area contributed by atoms with Gasteiger partial charge in [0.2, 0.25) is 5.88 Å². The fourth-order valence-electron chi connectivity index (χ4n) is 2.87. The van der Waals surface area contributed by atoms with Gasteiger partial charge in [0.15, 0.2) is 5.11 Å². The molecule has 2 aromatic carbocycles. The van der Waals surface area contributed by atoms with Crippen molar-refractivity contribution in [3.8, 4) is 0 Å². The zero-order chi connectivity index (χ0) is 21.9. The number of aryl methyl sites for hydroxylation is 2. The van der Waals surface area contributed by atoms with Crippen molar-refractivity contribution in [3.63, 3.8) is 0 Å². The van der Waals surface area contributed by atoms with E-state index in [4.69, 9.17) is 17.3 Å². The summed E-state index contributed by atoms with van der Waals surface area (Å²) in [4.78, 5) is 10.9. The molecule has 0 aromatic heterocycles. The SMILES string of the molecule is Cc1ccc(N2NC(C)(/C=N\NC(=S)Nc3ccc(C(=O)O)cc3)C=C2O)cc1C. The van der Waals surface area contributed by atoms with Gasteiger partial charge in [-0.25, -0.2) is 15.2 Å². The Balaban J connectivity index is 1.59. The van der Waals surface area contributed by atoms with Crippen LogP contribution in [0.3, 0.4) is 0 Å². The minimum atomic E-state index is -0.990. The molecular formula is C21H23N5O3S. The summed E-state index contributed by atoms with van der Waals surface area (Å²) in [6.45, 7) is 5.91. The van der Waals surface area contributed by atoms with Crippen LogP contribution in [-0.4, -0.2) is 33.0 Å². The van der Waals surface area contributed by atoms with E-state index in [-0.39, 0.29) is 16.6 Å². The topological polar surface area (TPSA) is 109 Å². The molecule has 0 saturated heterocycles. The van der Waals surface area contributed by atoms with Gasteiger partial charge in [0, 0.05) is 11.8 Å². The number of carboxylic acids is 1. The number of anilines is 2. The van der Waals surface area contributed by atoms with E-state index < -0.39 is 11.5 Å². The summed E-state index contributed by atoms with van der Waals surface area (Å²) in [5.74, 6) is -0.915. The number of hydrogen-bond donors (Lipinski definition) is 5. The fraction of sp³-hybridized carbons (Fsp3) is 0.190. The van der Waals surface area contributed by atoms with Gasteiger partial charge in [-0.1, -0.05) is 6.07 Å². The van der Waals surface area contributed by atoms with Crippen molar-refractivity contribution in [3.05, 3.63) is 71.1 Å². The lowest BCUT2D eigenvalue weighted by Crippen LogP contribution is -2.47. The number of aromatic carboxylic acids is 1. The second-order valence-electron chi connectivity index (χ2n) is 7.21. The van der Waals surface area contributed by atoms with Gasteiger partial charge in [-0.15, -0.1) is 0 Å². The second kappa shape index (κ2) is 8.52. The molecule has 1 heterocycles. The van der Waals surface area contributed by atoms with Crippen LogP contribution in [0.5, 0.6) is 0 Å². The van der Waals surface area contributed by atoms with E-state index in [1.807, 2.05) is 39.0 Å². The van der Waals surface area contributed by atoms with Crippen LogP contribution < -0.4 is 21.2 Å². The van der Waals surface area contributed by atoms with Crippen molar-refractivity contribution >= 4 is 40.9 Å². The molecule has 5 N–H and O–H groups in total. The predicted octanol–water partition coefficient (Wildman–Crippen LogP) is 3.46. The molecular weight excluding hydrogens is 402 g/mol. The van der Waals surface area contributed by atoms with Crippen LogP contribution in [0.4, 0.5) is 11.4 Å². The summed E-state index contributed by atoms with van der Waals surface area (Å²) >= 11 is 5.20. The maximum absolute atomic E-state index is 10.9. The van der Waals surface area contributed by atoms with E-state index in [0.29, 0.717) is 5.69 Å². The van der Waals surface area contributed by atoms with Gasteiger partial charge in [-0.05, 0) is 80.5 Å². The molecule has 0 aliphatic carbocycles. The van der Waals surface area contributed by atoms with E-state index in [1.165, 1.54) is 17.7 Å². The number of carbonyl (C=O) groups is 1. The summed E-state index contributed by atoms with van der Waals surface area (Å²) in [6, 6.07) is 12.1. The highest BCUT2D eigenvalue weighted by Crippen LogP contribution is 2.26. The lowest BCUT2D eigenvalue weighted by molar-refractivity contribution is 0.0697. The molecule has 1 atom stereocenters. The molecule has 1 aliphatic rings. The number of aliphatic hydroxyl groups excluding tert-OH is 1. The molecule has 0 spiro atoms. The molecule has 0 fully saturated rings. The second-order valence-corrected chi connectivity index (χ2v) is 7.62. The Morgan fingerprint density at radius 1 is 1.20 bits per heavy atom. The molecule has 0 radical (unpaired) electrons. The minimum absolute atomic E-state index is 0.0754. The van der Waals surface area contributed by atoms with Gasteiger partial charge in [0.1, 0.15) is 0 Å². The van der Waals surface area contributed by atoms with Gasteiger partial charge >= 0.3 is 5.97 Å². The average Bonchev–Trinajstić information content (AvgIpc) is 2.99. The van der Waals surface area contributed by atoms with Crippen molar-refractivity contribution in [1.29, 1.82) is 0 Å². The molecule has 0 bridgehead atoms. The van der Waals surface area contributed by atoms with E-state index in [1.54, 1.807) is 29.4 Å². The molecule has 3 rings (SSSR count). The van der Waals surface area contributed by atoms with Crippen molar-refractivity contribution in [1.82, 2.24) is 10.9 Å². The maximum atomic E-state index is 10.9. The first-order valence-electron chi connectivity index (χ1n) is 9.18. The van der Waals surface area contributed by atoms with Gasteiger partial charge in [-0.3, -0.25) is 5.43 Å². The Morgan fingerprint density at radius 2 is 1.90 bits per heavy atom. The van der Waals surface area contributed by atoms with E-state index in [2.05, 4.69) is 21.3 Å². The number of nitrogens with zero attached hydrogens (tertiary/aromatic N) is 2. The Labute approximate surface area is 179 Å². The normalized spacial score (nSPS) is 18.4. The van der Waals surface area contributed by atoms with Gasteiger partial charge < -0.3 is 15.5 Å². The first-order chi connectivity index (χ1) is 14.2. The van der Waals surface area contributed by atoms with Crippen molar-refractivity contribution in [2.75, 3.05) is 10.3 Å². The third-order valence-corrected chi connectivity index (χ3v) is 4.84. The highest BCUT2D eigenvalue weighted by atomic mass is 32.1. The lowest BCUT2D eigenvalue weighted by Gasteiger charge is -2.25. The van der Waals surface area contributed by atoms with Crippen LogP contribution in [0.2, 0.25) is 0 Å². The van der Waals surface area contributed by atoms with Crippen LogP contribution in [0.25, 0.3) is 0 Å². The Kier molecular flexibility index (Phi) is 6.04. The Bertz CT molecular complexity index is 1040. The molecule has 0 amide bonds. The average molecular weight is 426 g/mol. The number of nitrogens with one attached hydrogen (secondary N) is 3. The number of hydrazine groups is 1. The highest BCUT2D eigenvalue weighted by Gasteiger charge is 2.32. The fourth-order valence-corrected chi connectivity index (χ4v) is 3.04. The molecule has 8 nitrogen and oxygen atoms in total. The Morgan fingerprint density at radius 3 is 2.53 bits per heavy atom. The number of aliphatic hydroxyl groups is 1. The van der Waals surface area contributed by atoms with E-state index in [9.17, 15) is 9.90 Å². The zero-order valence-corrected chi connectivity index (χ0v) is 17.6. The van der Waals surface area contributed by atoms with Crippen LogP contribution in [0, 0.1) is 13.8 Å². The molecule has 9 heteroatoms. The van der Waals surface area contributed by atoms with Crippen molar-refractivity contribution < 1.29 is 15.0 Å². The zero-order valence-electron chi connectivity index (χ0n) is 16.8. The largest absolute Gasteiger partial charge is 0.494 e. The molecule has 2 aromatic rings.